The predicted molar refractivity (Wildman–Crippen MR) is 205 cm³/mol. The Morgan fingerprint density at radius 3 is 1.86 bits per heavy atom. The zero-order valence-corrected chi connectivity index (χ0v) is 27.0. The van der Waals surface area contributed by atoms with Gasteiger partial charge in [0.25, 0.3) is 0 Å². The molecule has 0 radical (unpaired) electrons. The van der Waals surface area contributed by atoms with Crippen LogP contribution in [0, 0.1) is 0 Å². The average Bonchev–Trinajstić information content (AvgIpc) is 3.71. The molecule has 0 N–H and O–H groups in total. The molecule has 0 unspecified atom stereocenters. The van der Waals surface area contributed by atoms with Crippen LogP contribution in [0.3, 0.4) is 0 Å². The van der Waals surface area contributed by atoms with Gasteiger partial charge in [0.1, 0.15) is 5.65 Å². The zero-order chi connectivity index (χ0) is 33.0. The molecular weight excluding hydrogens is 611 g/mol. The van der Waals surface area contributed by atoms with Crippen molar-refractivity contribution in [2.75, 3.05) is 0 Å². The van der Waals surface area contributed by atoms with Crippen LogP contribution in [0.2, 0.25) is 0 Å². The van der Waals surface area contributed by atoms with E-state index in [0.29, 0.717) is 5.82 Å². The highest BCUT2D eigenvalue weighted by Gasteiger charge is 2.20. The minimum atomic E-state index is 0.686. The van der Waals surface area contributed by atoms with Crippen LogP contribution in [-0.2, 0) is 0 Å². The third kappa shape index (κ3) is 4.45. The van der Waals surface area contributed by atoms with Crippen LogP contribution in [0.25, 0.3) is 88.9 Å². The number of pyridine rings is 1. The van der Waals surface area contributed by atoms with Crippen molar-refractivity contribution in [2.45, 2.75) is 0 Å². The van der Waals surface area contributed by atoms with E-state index < -0.39 is 0 Å². The van der Waals surface area contributed by atoms with E-state index in [-0.39, 0.29) is 0 Å². The lowest BCUT2D eigenvalue weighted by Gasteiger charge is -2.14. The topological polar surface area (TPSA) is 48.5 Å². The van der Waals surface area contributed by atoms with Crippen molar-refractivity contribution in [3.05, 3.63) is 176 Å². The highest BCUT2D eigenvalue weighted by molar-refractivity contribution is 6.12. The summed E-state index contributed by atoms with van der Waals surface area (Å²) < 4.78 is 4.58. The van der Waals surface area contributed by atoms with Crippen molar-refractivity contribution in [1.82, 2.24) is 24.1 Å². The van der Waals surface area contributed by atoms with Gasteiger partial charge in [-0.2, -0.15) is 0 Å². The van der Waals surface area contributed by atoms with Gasteiger partial charge in [-0.3, -0.25) is 4.57 Å². The van der Waals surface area contributed by atoms with E-state index in [9.17, 15) is 0 Å². The number of hydrogen-bond acceptors (Lipinski definition) is 3. The summed E-state index contributed by atoms with van der Waals surface area (Å²) in [5, 5.41) is 4.67. The Bertz CT molecular complexity index is 2850. The van der Waals surface area contributed by atoms with Gasteiger partial charge in [-0.1, -0.05) is 115 Å². The Labute approximate surface area is 288 Å². The summed E-state index contributed by atoms with van der Waals surface area (Å²) in [6.07, 6.45) is 3.80. The first-order valence-electron chi connectivity index (χ1n) is 16.8. The summed E-state index contributed by atoms with van der Waals surface area (Å²) in [7, 11) is 0. The fourth-order valence-electron chi connectivity index (χ4n) is 7.35. The van der Waals surface area contributed by atoms with Gasteiger partial charge in [0.05, 0.1) is 34.1 Å². The molecule has 0 spiro atoms. The molecule has 0 amide bonds. The SMILES string of the molecule is c1ccc(-c2ncc(-n3c4cc(-c5ccc6c(c5)c5ccccc5n6-c5ccccc5)ccc4c4cccnc43)c(-c3ccccc3)n2)cc1. The fourth-order valence-corrected chi connectivity index (χ4v) is 7.35. The molecule has 5 nitrogen and oxygen atoms in total. The second-order valence-electron chi connectivity index (χ2n) is 12.5. The third-order valence-corrected chi connectivity index (χ3v) is 9.64. The summed E-state index contributed by atoms with van der Waals surface area (Å²) in [6.45, 7) is 0. The molecule has 0 fully saturated rings. The van der Waals surface area contributed by atoms with E-state index in [1.807, 2.05) is 54.9 Å². The van der Waals surface area contributed by atoms with E-state index in [2.05, 4.69) is 130 Å². The van der Waals surface area contributed by atoms with Crippen molar-refractivity contribution in [3.8, 4) is 45.1 Å². The molecule has 0 saturated heterocycles. The van der Waals surface area contributed by atoms with Crippen LogP contribution in [-0.4, -0.2) is 24.1 Å². The van der Waals surface area contributed by atoms with E-state index in [1.165, 1.54) is 21.8 Å². The van der Waals surface area contributed by atoms with E-state index in [1.54, 1.807) is 0 Å². The maximum Gasteiger partial charge on any atom is 0.159 e. The molecule has 0 aliphatic heterocycles. The number of para-hydroxylation sites is 2. The van der Waals surface area contributed by atoms with Gasteiger partial charge >= 0.3 is 0 Å². The lowest BCUT2D eigenvalue weighted by Crippen LogP contribution is -2.03. The summed E-state index contributed by atoms with van der Waals surface area (Å²) in [5.74, 6) is 0.686. The summed E-state index contributed by atoms with van der Waals surface area (Å²) in [6, 6.07) is 57.4. The third-order valence-electron chi connectivity index (χ3n) is 9.64. The first-order chi connectivity index (χ1) is 24.8. The molecular formula is C45H29N5. The molecule has 5 heteroatoms. The molecule has 0 bridgehead atoms. The standard InChI is InChI=1S/C45H29N5/c1-4-13-30(14-5-1)43-42(29-47-44(48-43)31-15-6-2-7-16-31)50-41-28-33(22-24-36(41)37-20-12-26-46-45(37)50)32-23-25-40-38(27-32)35-19-10-11-21-39(35)49(40)34-17-8-3-9-18-34/h1-29H. The Balaban J connectivity index is 1.21. The quantitative estimate of drug-likeness (QED) is 0.188. The van der Waals surface area contributed by atoms with Crippen LogP contribution in [0.5, 0.6) is 0 Å². The molecule has 4 heterocycles. The maximum absolute atomic E-state index is 5.19. The molecule has 50 heavy (non-hydrogen) atoms. The van der Waals surface area contributed by atoms with Crippen LogP contribution in [0.15, 0.2) is 176 Å². The van der Waals surface area contributed by atoms with Crippen molar-refractivity contribution in [1.29, 1.82) is 0 Å². The van der Waals surface area contributed by atoms with E-state index in [0.717, 1.165) is 61.3 Å². The zero-order valence-electron chi connectivity index (χ0n) is 27.0. The second kappa shape index (κ2) is 11.4. The Morgan fingerprint density at radius 2 is 1.04 bits per heavy atom. The van der Waals surface area contributed by atoms with Gasteiger partial charge in [-0.25, -0.2) is 15.0 Å². The monoisotopic (exact) mass is 639 g/mol. The normalized spacial score (nSPS) is 11.6. The Kier molecular flexibility index (Phi) is 6.42. The molecule has 10 aromatic rings. The van der Waals surface area contributed by atoms with Crippen LogP contribution in [0.1, 0.15) is 0 Å². The summed E-state index contributed by atoms with van der Waals surface area (Å²) in [5.41, 5.74) is 11.5. The summed E-state index contributed by atoms with van der Waals surface area (Å²) >= 11 is 0. The maximum atomic E-state index is 5.19. The molecule has 234 valence electrons. The van der Waals surface area contributed by atoms with Gasteiger partial charge in [0.15, 0.2) is 5.82 Å². The second-order valence-corrected chi connectivity index (χ2v) is 12.5. The number of benzene rings is 6. The first kappa shape index (κ1) is 28.2. The molecule has 0 aliphatic carbocycles. The van der Waals surface area contributed by atoms with E-state index >= 15 is 0 Å². The minimum Gasteiger partial charge on any atom is -0.309 e. The Morgan fingerprint density at radius 1 is 0.400 bits per heavy atom. The van der Waals surface area contributed by atoms with Crippen LogP contribution in [0.4, 0.5) is 0 Å². The molecule has 6 aromatic carbocycles. The molecule has 10 rings (SSSR count). The lowest BCUT2D eigenvalue weighted by molar-refractivity contribution is 1.07. The van der Waals surface area contributed by atoms with E-state index in [4.69, 9.17) is 15.0 Å². The number of aromatic nitrogens is 5. The van der Waals surface area contributed by atoms with Gasteiger partial charge in [-0.15, -0.1) is 0 Å². The highest BCUT2D eigenvalue weighted by Crippen LogP contribution is 2.39. The smallest absolute Gasteiger partial charge is 0.159 e. The van der Waals surface area contributed by atoms with Gasteiger partial charge in [-0.05, 0) is 59.7 Å². The summed E-state index contributed by atoms with van der Waals surface area (Å²) in [4.78, 5) is 15.0. The molecule has 0 aliphatic rings. The Hall–Kier alpha value is -6.85. The van der Waals surface area contributed by atoms with Crippen molar-refractivity contribution < 1.29 is 0 Å². The van der Waals surface area contributed by atoms with Crippen molar-refractivity contribution in [3.63, 3.8) is 0 Å². The first-order valence-corrected chi connectivity index (χ1v) is 16.8. The average molecular weight is 640 g/mol. The number of fused-ring (bicyclic) bond motifs is 6. The highest BCUT2D eigenvalue weighted by atomic mass is 15.1. The van der Waals surface area contributed by atoms with Crippen molar-refractivity contribution in [2.24, 2.45) is 0 Å². The fraction of sp³-hybridized carbons (Fsp3) is 0. The molecule has 4 aromatic heterocycles. The number of hydrogen-bond donors (Lipinski definition) is 0. The predicted octanol–water partition coefficient (Wildman–Crippen LogP) is 11.1. The molecule has 0 atom stereocenters. The van der Waals surface area contributed by atoms with Gasteiger partial charge in [0, 0.05) is 44.6 Å². The number of nitrogens with zero attached hydrogens (tertiary/aromatic N) is 5. The minimum absolute atomic E-state index is 0.686. The number of rotatable bonds is 5. The molecule has 0 saturated carbocycles. The van der Waals surface area contributed by atoms with Gasteiger partial charge in [0.2, 0.25) is 0 Å². The van der Waals surface area contributed by atoms with Gasteiger partial charge < -0.3 is 4.57 Å². The van der Waals surface area contributed by atoms with Crippen LogP contribution < -0.4 is 0 Å². The van der Waals surface area contributed by atoms with Crippen LogP contribution >= 0.6 is 0 Å². The lowest BCUT2D eigenvalue weighted by atomic mass is 10.0. The largest absolute Gasteiger partial charge is 0.309 e. The van der Waals surface area contributed by atoms with Crippen molar-refractivity contribution >= 4 is 43.7 Å².